The van der Waals surface area contributed by atoms with Crippen molar-refractivity contribution in [2.75, 3.05) is 19.6 Å². The van der Waals surface area contributed by atoms with Gasteiger partial charge < -0.3 is 10.0 Å². The minimum atomic E-state index is 0.419. The van der Waals surface area contributed by atoms with Crippen molar-refractivity contribution in [2.24, 2.45) is 0 Å². The summed E-state index contributed by atoms with van der Waals surface area (Å²) in [5, 5.41) is 9.49. The highest BCUT2D eigenvalue weighted by Gasteiger charge is 2.25. The van der Waals surface area contributed by atoms with E-state index in [9.17, 15) is 5.11 Å². The molecule has 0 aromatic heterocycles. The van der Waals surface area contributed by atoms with Gasteiger partial charge in [-0.05, 0) is 68.0 Å². The van der Waals surface area contributed by atoms with Gasteiger partial charge >= 0.3 is 0 Å². The number of aromatic hydroxyl groups is 1. The average molecular weight is 231 g/mol. The van der Waals surface area contributed by atoms with E-state index in [0.29, 0.717) is 11.7 Å². The molecule has 17 heavy (non-hydrogen) atoms. The molecule has 2 nitrogen and oxygen atoms in total. The van der Waals surface area contributed by atoms with Gasteiger partial charge in [0, 0.05) is 6.54 Å². The van der Waals surface area contributed by atoms with Gasteiger partial charge in [0.25, 0.3) is 0 Å². The number of rotatable bonds is 2. The summed E-state index contributed by atoms with van der Waals surface area (Å²) in [6.45, 7) is 3.78. The number of piperidine rings is 1. The molecule has 92 valence electrons. The highest BCUT2D eigenvalue weighted by molar-refractivity contribution is 5.40. The van der Waals surface area contributed by atoms with Gasteiger partial charge in [-0.1, -0.05) is 12.5 Å². The van der Waals surface area contributed by atoms with E-state index >= 15 is 0 Å². The molecule has 0 saturated carbocycles. The Morgan fingerprint density at radius 3 is 2.82 bits per heavy atom. The predicted octanol–water partition coefficient (Wildman–Crippen LogP) is 2.91. The summed E-state index contributed by atoms with van der Waals surface area (Å²) in [7, 11) is 0. The van der Waals surface area contributed by atoms with Crippen LogP contribution in [-0.4, -0.2) is 29.6 Å². The van der Waals surface area contributed by atoms with Gasteiger partial charge in [0.05, 0.1) is 0 Å². The van der Waals surface area contributed by atoms with Crippen LogP contribution in [0, 0.1) is 0 Å². The second-order valence-corrected chi connectivity index (χ2v) is 5.48. The van der Waals surface area contributed by atoms with E-state index in [4.69, 9.17) is 0 Å². The lowest BCUT2D eigenvalue weighted by atomic mass is 9.99. The Labute approximate surface area is 103 Å². The van der Waals surface area contributed by atoms with Gasteiger partial charge in [-0.2, -0.15) is 0 Å². The first kappa shape index (κ1) is 11.1. The van der Waals surface area contributed by atoms with Crippen LogP contribution in [0.2, 0.25) is 0 Å². The minimum absolute atomic E-state index is 0.419. The molecule has 1 aromatic carbocycles. The van der Waals surface area contributed by atoms with Crippen LogP contribution < -0.4 is 0 Å². The summed E-state index contributed by atoms with van der Waals surface area (Å²) < 4.78 is 0. The van der Waals surface area contributed by atoms with Crippen LogP contribution in [0.3, 0.4) is 0 Å². The van der Waals surface area contributed by atoms with E-state index in [2.05, 4.69) is 11.0 Å². The van der Waals surface area contributed by atoms with Crippen molar-refractivity contribution >= 4 is 0 Å². The van der Waals surface area contributed by atoms with Gasteiger partial charge in [0.1, 0.15) is 5.75 Å². The number of phenols is 1. The molecule has 1 atom stereocenters. The summed E-state index contributed by atoms with van der Waals surface area (Å²) in [5.41, 5.74) is 2.85. The maximum atomic E-state index is 9.49. The van der Waals surface area contributed by atoms with Crippen LogP contribution in [0.1, 0.15) is 42.7 Å². The number of hydrogen-bond donors (Lipinski definition) is 1. The number of fused-ring (bicyclic) bond motifs is 1. The van der Waals surface area contributed by atoms with Gasteiger partial charge in [-0.25, -0.2) is 0 Å². The molecule has 1 aromatic rings. The van der Waals surface area contributed by atoms with Crippen molar-refractivity contribution in [1.29, 1.82) is 0 Å². The van der Waals surface area contributed by atoms with E-state index in [1.54, 1.807) is 0 Å². The normalized spacial score (nSPS) is 24.8. The molecule has 2 heteroatoms. The van der Waals surface area contributed by atoms with Crippen molar-refractivity contribution in [1.82, 2.24) is 4.90 Å². The third kappa shape index (κ3) is 2.32. The van der Waals surface area contributed by atoms with E-state index in [0.717, 1.165) is 6.42 Å². The minimum Gasteiger partial charge on any atom is -0.508 e. The Bertz CT molecular complexity index is 396. The summed E-state index contributed by atoms with van der Waals surface area (Å²) in [6.07, 6.45) is 6.55. The smallest absolute Gasteiger partial charge is 0.115 e. The molecule has 0 amide bonds. The number of phenolic OH excluding ortho intramolecular Hbond substituents is 1. The Hall–Kier alpha value is -1.02. The van der Waals surface area contributed by atoms with Crippen LogP contribution in [0.5, 0.6) is 5.75 Å². The second kappa shape index (κ2) is 4.69. The fraction of sp³-hybridized carbons (Fsp3) is 0.600. The summed E-state index contributed by atoms with van der Waals surface area (Å²) >= 11 is 0. The zero-order valence-corrected chi connectivity index (χ0v) is 10.4. The summed E-state index contributed by atoms with van der Waals surface area (Å²) in [4.78, 5) is 2.62. The molecule has 1 unspecified atom stereocenters. The molecule has 1 heterocycles. The third-order valence-electron chi connectivity index (χ3n) is 4.26. The van der Waals surface area contributed by atoms with Crippen LogP contribution in [-0.2, 0) is 6.42 Å². The standard InChI is InChI=1S/C15H21NO/c17-14-6-7-15-12(10-14)4-5-13(15)11-16-8-2-1-3-9-16/h6-7,10,13,17H,1-5,8-9,11H2. The average Bonchev–Trinajstić information content (AvgIpc) is 2.73. The molecule has 1 aliphatic heterocycles. The number of nitrogens with zero attached hydrogens (tertiary/aromatic N) is 1. The molecule has 1 fully saturated rings. The van der Waals surface area contributed by atoms with E-state index in [-0.39, 0.29) is 0 Å². The summed E-state index contributed by atoms with van der Waals surface area (Å²) in [6, 6.07) is 5.92. The van der Waals surface area contributed by atoms with Gasteiger partial charge in [-0.15, -0.1) is 0 Å². The molecule has 3 rings (SSSR count). The molecule has 1 aliphatic carbocycles. The van der Waals surface area contributed by atoms with Gasteiger partial charge in [0.2, 0.25) is 0 Å². The molecule has 2 aliphatic rings. The van der Waals surface area contributed by atoms with Crippen molar-refractivity contribution < 1.29 is 5.11 Å². The van der Waals surface area contributed by atoms with Crippen molar-refractivity contribution in [3.63, 3.8) is 0 Å². The van der Waals surface area contributed by atoms with Gasteiger partial charge in [0.15, 0.2) is 0 Å². The Morgan fingerprint density at radius 2 is 2.00 bits per heavy atom. The molecule has 0 bridgehead atoms. The lowest BCUT2D eigenvalue weighted by Crippen LogP contribution is -2.33. The largest absolute Gasteiger partial charge is 0.508 e. The first-order valence-corrected chi connectivity index (χ1v) is 6.87. The lowest BCUT2D eigenvalue weighted by molar-refractivity contribution is 0.215. The van der Waals surface area contributed by atoms with Crippen LogP contribution in [0.25, 0.3) is 0 Å². The van der Waals surface area contributed by atoms with Gasteiger partial charge in [-0.3, -0.25) is 0 Å². The maximum Gasteiger partial charge on any atom is 0.115 e. The molecule has 1 saturated heterocycles. The highest BCUT2D eigenvalue weighted by Crippen LogP contribution is 2.35. The molecule has 0 spiro atoms. The fourth-order valence-electron chi connectivity index (χ4n) is 3.34. The predicted molar refractivity (Wildman–Crippen MR) is 69.5 cm³/mol. The first-order valence-electron chi connectivity index (χ1n) is 6.87. The topological polar surface area (TPSA) is 23.5 Å². The number of benzene rings is 1. The van der Waals surface area contributed by atoms with E-state index in [1.807, 2.05) is 12.1 Å². The zero-order chi connectivity index (χ0) is 11.7. The third-order valence-corrected chi connectivity index (χ3v) is 4.26. The van der Waals surface area contributed by atoms with E-state index in [1.165, 1.54) is 56.4 Å². The van der Waals surface area contributed by atoms with E-state index < -0.39 is 0 Å². The Balaban J connectivity index is 1.70. The van der Waals surface area contributed by atoms with Crippen LogP contribution in [0.4, 0.5) is 0 Å². The molecule has 0 radical (unpaired) electrons. The maximum absolute atomic E-state index is 9.49. The first-order chi connectivity index (χ1) is 8.33. The summed E-state index contributed by atoms with van der Waals surface area (Å²) in [5.74, 6) is 1.12. The Kier molecular flexibility index (Phi) is 3.06. The van der Waals surface area contributed by atoms with Crippen molar-refractivity contribution in [3.05, 3.63) is 29.3 Å². The lowest BCUT2D eigenvalue weighted by Gasteiger charge is -2.29. The Morgan fingerprint density at radius 1 is 1.18 bits per heavy atom. The fourth-order valence-corrected chi connectivity index (χ4v) is 3.34. The molecular weight excluding hydrogens is 210 g/mol. The van der Waals surface area contributed by atoms with Crippen molar-refractivity contribution in [2.45, 2.75) is 38.0 Å². The zero-order valence-electron chi connectivity index (χ0n) is 10.4. The number of aryl methyl sites for hydroxylation is 1. The number of likely N-dealkylation sites (tertiary alicyclic amines) is 1. The molecular formula is C15H21NO. The van der Waals surface area contributed by atoms with Crippen LogP contribution >= 0.6 is 0 Å². The quantitative estimate of drug-likeness (QED) is 0.846. The van der Waals surface area contributed by atoms with Crippen molar-refractivity contribution in [3.8, 4) is 5.75 Å². The second-order valence-electron chi connectivity index (χ2n) is 5.48. The molecule has 1 N–H and O–H groups in total. The SMILES string of the molecule is Oc1ccc2c(c1)CCC2CN1CCCCC1. The number of hydrogen-bond acceptors (Lipinski definition) is 2. The highest BCUT2D eigenvalue weighted by atomic mass is 16.3. The monoisotopic (exact) mass is 231 g/mol. The van der Waals surface area contributed by atoms with Crippen LogP contribution in [0.15, 0.2) is 18.2 Å².